The van der Waals surface area contributed by atoms with Crippen molar-refractivity contribution in [2.45, 2.75) is 13.8 Å². The van der Waals surface area contributed by atoms with Gasteiger partial charge in [0, 0.05) is 0 Å². The van der Waals surface area contributed by atoms with Crippen molar-refractivity contribution in [3.63, 3.8) is 0 Å². The maximum Gasteiger partial charge on any atom is 0.338 e. The first kappa shape index (κ1) is 11.2. The van der Waals surface area contributed by atoms with Crippen molar-refractivity contribution in [1.82, 2.24) is 0 Å². The number of anilines is 1. The van der Waals surface area contributed by atoms with Crippen LogP contribution in [0.25, 0.3) is 0 Å². The summed E-state index contributed by atoms with van der Waals surface area (Å²) < 4.78 is 4.90. The zero-order valence-electron chi connectivity index (χ0n) is 8.70. The Balaban J connectivity index is 3.03. The highest BCUT2D eigenvalue weighted by atomic mass is 16.5. The average Bonchev–Trinajstić information content (AvgIpc) is 2.22. The van der Waals surface area contributed by atoms with Crippen molar-refractivity contribution < 1.29 is 9.53 Å². The van der Waals surface area contributed by atoms with Crippen molar-refractivity contribution in [3.8, 4) is 0 Å². The number of nitrogens with zero attached hydrogens (tertiary/aromatic N) is 1. The third-order valence-electron chi connectivity index (χ3n) is 2.01. The molecule has 15 heavy (non-hydrogen) atoms. The molecule has 1 rings (SSSR count). The summed E-state index contributed by atoms with van der Waals surface area (Å²) in [5.74, 6) is -0.358. The van der Waals surface area contributed by atoms with Crippen LogP contribution in [-0.2, 0) is 4.74 Å². The molecule has 1 aromatic carbocycles. The van der Waals surface area contributed by atoms with Crippen LogP contribution in [0.2, 0.25) is 0 Å². The summed E-state index contributed by atoms with van der Waals surface area (Å²) in [5.41, 5.74) is 11.0. The van der Waals surface area contributed by atoms with Crippen LogP contribution in [0.5, 0.6) is 0 Å². The third kappa shape index (κ3) is 2.52. The zero-order chi connectivity index (χ0) is 11.3. The van der Waals surface area contributed by atoms with E-state index in [1.165, 1.54) is 0 Å². The van der Waals surface area contributed by atoms with E-state index in [2.05, 4.69) is 10.6 Å². The number of hydrogen-bond donors (Lipinski definition) is 2. The first-order valence-corrected chi connectivity index (χ1v) is 4.60. The molecular formula is C10H13N3O2. The van der Waals surface area contributed by atoms with Crippen LogP contribution in [0, 0.1) is 12.5 Å². The summed E-state index contributed by atoms with van der Waals surface area (Å²) in [5, 5.41) is 3.06. The van der Waals surface area contributed by atoms with Gasteiger partial charge in [0.2, 0.25) is 0 Å². The summed E-state index contributed by atoms with van der Waals surface area (Å²) in [6.45, 7) is 3.88. The molecule has 0 atom stereocenters. The molecule has 0 heterocycles. The first-order chi connectivity index (χ1) is 7.20. The molecule has 1 aromatic rings. The fraction of sp³-hybridized carbons (Fsp3) is 0.300. The fourth-order valence-electron chi connectivity index (χ4n) is 1.25. The van der Waals surface area contributed by atoms with Crippen LogP contribution in [-0.4, -0.2) is 12.6 Å². The van der Waals surface area contributed by atoms with E-state index in [-0.39, 0.29) is 5.97 Å². The topological polar surface area (TPSA) is 74.5 Å². The number of carbonyl (C=O) groups is 1. The van der Waals surface area contributed by atoms with E-state index in [9.17, 15) is 4.79 Å². The molecule has 80 valence electrons. The van der Waals surface area contributed by atoms with Crippen molar-refractivity contribution in [1.29, 1.82) is 5.53 Å². The Morgan fingerprint density at radius 1 is 1.60 bits per heavy atom. The molecule has 0 bridgehead atoms. The number of benzene rings is 1. The number of esters is 1. The van der Waals surface area contributed by atoms with Crippen LogP contribution in [0.3, 0.4) is 0 Å². The van der Waals surface area contributed by atoms with E-state index in [0.717, 1.165) is 5.56 Å². The summed E-state index contributed by atoms with van der Waals surface area (Å²) in [4.78, 5) is 11.5. The highest BCUT2D eigenvalue weighted by molar-refractivity contribution is 5.92. The molecule has 0 fully saturated rings. The van der Waals surface area contributed by atoms with Gasteiger partial charge in [-0.05, 0) is 31.5 Å². The van der Waals surface area contributed by atoms with Crippen LogP contribution in [0.4, 0.5) is 5.69 Å². The molecule has 0 aliphatic heterocycles. The van der Waals surface area contributed by atoms with Gasteiger partial charge in [0.15, 0.2) is 0 Å². The Kier molecular flexibility index (Phi) is 3.79. The van der Waals surface area contributed by atoms with Gasteiger partial charge in [-0.1, -0.05) is 11.3 Å². The molecule has 0 saturated carbocycles. The number of nitrogens with one attached hydrogen (secondary N) is 2. The Morgan fingerprint density at radius 3 is 2.93 bits per heavy atom. The van der Waals surface area contributed by atoms with Gasteiger partial charge >= 0.3 is 5.97 Å². The molecule has 5 nitrogen and oxygen atoms in total. The van der Waals surface area contributed by atoms with Crippen molar-refractivity contribution in [3.05, 3.63) is 29.3 Å². The van der Waals surface area contributed by atoms with E-state index in [0.29, 0.717) is 17.9 Å². The number of carbonyl (C=O) groups excluding carboxylic acids is 1. The summed E-state index contributed by atoms with van der Waals surface area (Å²) >= 11 is 0. The number of rotatable bonds is 4. The molecule has 0 aliphatic carbocycles. The SMILES string of the molecule is CCOC(=O)c1cccc(NN=N)c1C. The number of hydrogen-bond acceptors (Lipinski definition) is 4. The summed E-state index contributed by atoms with van der Waals surface area (Å²) in [6, 6.07) is 5.14. The molecule has 0 spiro atoms. The third-order valence-corrected chi connectivity index (χ3v) is 2.01. The molecule has 0 aromatic heterocycles. The Hall–Kier alpha value is -1.91. The molecule has 0 unspecified atom stereocenters. The molecule has 2 N–H and O–H groups in total. The Morgan fingerprint density at radius 2 is 2.33 bits per heavy atom. The second-order valence-corrected chi connectivity index (χ2v) is 2.92. The van der Waals surface area contributed by atoms with Crippen LogP contribution < -0.4 is 5.43 Å². The molecule has 0 saturated heterocycles. The van der Waals surface area contributed by atoms with E-state index in [1.807, 2.05) is 0 Å². The lowest BCUT2D eigenvalue weighted by Gasteiger charge is -2.08. The average molecular weight is 207 g/mol. The summed E-state index contributed by atoms with van der Waals surface area (Å²) in [7, 11) is 0. The van der Waals surface area contributed by atoms with Gasteiger partial charge in [-0.15, -0.1) is 0 Å². The van der Waals surface area contributed by atoms with Gasteiger partial charge in [-0.2, -0.15) is 5.53 Å². The lowest BCUT2D eigenvalue weighted by molar-refractivity contribution is 0.0525. The Labute approximate surface area is 87.9 Å². The maximum atomic E-state index is 11.5. The molecule has 0 amide bonds. The molecule has 0 aliphatic rings. The molecular weight excluding hydrogens is 194 g/mol. The van der Waals surface area contributed by atoms with Gasteiger partial charge in [-0.3, -0.25) is 5.43 Å². The lowest BCUT2D eigenvalue weighted by atomic mass is 10.1. The highest BCUT2D eigenvalue weighted by Crippen LogP contribution is 2.19. The minimum absolute atomic E-state index is 0.346. The predicted octanol–water partition coefficient (Wildman–Crippen LogP) is 2.53. The largest absolute Gasteiger partial charge is 0.462 e. The van der Waals surface area contributed by atoms with Crippen LogP contribution in [0.15, 0.2) is 23.4 Å². The second-order valence-electron chi connectivity index (χ2n) is 2.92. The first-order valence-electron chi connectivity index (χ1n) is 4.60. The molecule has 5 heteroatoms. The quantitative estimate of drug-likeness (QED) is 0.452. The normalized spacial score (nSPS) is 9.47. The van der Waals surface area contributed by atoms with E-state index >= 15 is 0 Å². The maximum absolute atomic E-state index is 11.5. The van der Waals surface area contributed by atoms with Crippen molar-refractivity contribution >= 4 is 11.7 Å². The predicted molar refractivity (Wildman–Crippen MR) is 55.9 cm³/mol. The summed E-state index contributed by atoms with van der Waals surface area (Å²) in [6.07, 6.45) is 0. The van der Waals surface area contributed by atoms with Gasteiger partial charge in [0.1, 0.15) is 0 Å². The van der Waals surface area contributed by atoms with E-state index < -0.39 is 0 Å². The van der Waals surface area contributed by atoms with Crippen molar-refractivity contribution in [2.75, 3.05) is 12.0 Å². The van der Waals surface area contributed by atoms with E-state index in [1.54, 1.807) is 32.0 Å². The van der Waals surface area contributed by atoms with Gasteiger partial charge in [0.25, 0.3) is 0 Å². The zero-order valence-corrected chi connectivity index (χ0v) is 8.70. The standard InChI is InChI=1S/C10H13N3O2/c1-3-15-10(14)8-5-4-6-9(7(8)2)12-13-11/h4-6H,3H2,1-2H3,(H2,11,12). The van der Waals surface area contributed by atoms with Gasteiger partial charge < -0.3 is 4.74 Å². The van der Waals surface area contributed by atoms with Gasteiger partial charge in [0.05, 0.1) is 17.9 Å². The minimum atomic E-state index is -0.358. The van der Waals surface area contributed by atoms with Crippen LogP contribution in [0.1, 0.15) is 22.8 Å². The smallest absolute Gasteiger partial charge is 0.338 e. The van der Waals surface area contributed by atoms with Crippen molar-refractivity contribution in [2.24, 2.45) is 5.22 Å². The number of ether oxygens (including phenoxy) is 1. The fourth-order valence-corrected chi connectivity index (χ4v) is 1.25. The monoisotopic (exact) mass is 207 g/mol. The lowest BCUT2D eigenvalue weighted by Crippen LogP contribution is -2.07. The molecule has 0 radical (unpaired) electrons. The van der Waals surface area contributed by atoms with E-state index in [4.69, 9.17) is 10.3 Å². The second kappa shape index (κ2) is 5.09. The minimum Gasteiger partial charge on any atom is -0.462 e. The van der Waals surface area contributed by atoms with Crippen LogP contribution >= 0.6 is 0 Å². The Bertz CT molecular complexity index is 377. The van der Waals surface area contributed by atoms with Gasteiger partial charge in [-0.25, -0.2) is 4.79 Å². The highest BCUT2D eigenvalue weighted by Gasteiger charge is 2.11.